The van der Waals surface area contributed by atoms with Crippen molar-refractivity contribution in [3.8, 4) is 0 Å². The highest BCUT2D eigenvalue weighted by atomic mass is 19.1. The summed E-state index contributed by atoms with van der Waals surface area (Å²) in [6, 6.07) is 16.3. The van der Waals surface area contributed by atoms with Crippen molar-refractivity contribution >= 4 is 17.5 Å². The van der Waals surface area contributed by atoms with Gasteiger partial charge < -0.3 is 14.7 Å². The maximum Gasteiger partial charge on any atom is 0.228 e. The van der Waals surface area contributed by atoms with Crippen LogP contribution in [0, 0.1) is 11.7 Å². The summed E-state index contributed by atoms with van der Waals surface area (Å²) in [5, 5.41) is 0. The average Bonchev–Trinajstić information content (AvgIpc) is 2.76. The molecular weight excluding hydrogens is 369 g/mol. The van der Waals surface area contributed by atoms with Crippen molar-refractivity contribution < 1.29 is 14.0 Å². The van der Waals surface area contributed by atoms with Gasteiger partial charge in [-0.05, 0) is 24.1 Å². The lowest BCUT2D eigenvalue weighted by molar-refractivity contribution is -0.146. The number of hydrogen-bond donors (Lipinski definition) is 0. The van der Waals surface area contributed by atoms with E-state index in [0.717, 1.165) is 5.56 Å². The number of anilines is 1. The Morgan fingerprint density at radius 3 is 2.31 bits per heavy atom. The number of nitrogens with zero attached hydrogens (tertiary/aromatic N) is 3. The second kappa shape index (κ2) is 8.23. The van der Waals surface area contributed by atoms with Crippen molar-refractivity contribution in [1.29, 1.82) is 0 Å². The number of likely N-dealkylation sites (tertiary alicyclic amines) is 1. The third-order valence-corrected chi connectivity index (χ3v) is 6.10. The maximum atomic E-state index is 14.1. The maximum absolute atomic E-state index is 14.1. The lowest BCUT2D eigenvalue weighted by Gasteiger charge is -2.43. The molecule has 2 amide bonds. The molecule has 2 aliphatic rings. The van der Waals surface area contributed by atoms with E-state index in [1.165, 1.54) is 6.07 Å². The van der Waals surface area contributed by atoms with Crippen LogP contribution < -0.4 is 4.90 Å². The molecular formula is C23H26FN3O2. The van der Waals surface area contributed by atoms with Crippen molar-refractivity contribution in [3.63, 3.8) is 0 Å². The second-order valence-electron chi connectivity index (χ2n) is 7.77. The van der Waals surface area contributed by atoms with Crippen molar-refractivity contribution in [1.82, 2.24) is 9.80 Å². The number of benzene rings is 2. The van der Waals surface area contributed by atoms with Crippen LogP contribution in [0.3, 0.4) is 0 Å². The number of amides is 2. The molecule has 152 valence electrons. The molecule has 0 bridgehead atoms. The van der Waals surface area contributed by atoms with Gasteiger partial charge in [0, 0.05) is 39.6 Å². The van der Waals surface area contributed by atoms with E-state index in [9.17, 15) is 14.0 Å². The van der Waals surface area contributed by atoms with Crippen LogP contribution in [-0.2, 0) is 9.59 Å². The third-order valence-electron chi connectivity index (χ3n) is 6.10. The van der Waals surface area contributed by atoms with E-state index in [1.807, 2.05) is 46.2 Å². The Morgan fingerprint density at radius 1 is 0.966 bits per heavy atom. The predicted molar refractivity (Wildman–Crippen MR) is 110 cm³/mol. The van der Waals surface area contributed by atoms with E-state index >= 15 is 0 Å². The monoisotopic (exact) mass is 395 g/mol. The summed E-state index contributed by atoms with van der Waals surface area (Å²) in [5.74, 6) is -0.317. The highest BCUT2D eigenvalue weighted by Gasteiger charge is 2.41. The first kappa shape index (κ1) is 19.4. The Kier molecular flexibility index (Phi) is 5.51. The summed E-state index contributed by atoms with van der Waals surface area (Å²) in [5.41, 5.74) is 1.58. The number of piperidine rings is 1. The zero-order valence-electron chi connectivity index (χ0n) is 16.6. The van der Waals surface area contributed by atoms with Gasteiger partial charge >= 0.3 is 0 Å². The lowest BCUT2D eigenvalue weighted by atomic mass is 9.83. The number of para-hydroxylation sites is 1. The van der Waals surface area contributed by atoms with Crippen LogP contribution in [0.2, 0.25) is 0 Å². The van der Waals surface area contributed by atoms with Crippen LogP contribution >= 0.6 is 0 Å². The van der Waals surface area contributed by atoms with Gasteiger partial charge in [-0.15, -0.1) is 0 Å². The van der Waals surface area contributed by atoms with Gasteiger partial charge in [0.15, 0.2) is 0 Å². The molecule has 0 aromatic heterocycles. The fourth-order valence-corrected chi connectivity index (χ4v) is 4.51. The van der Waals surface area contributed by atoms with Crippen molar-refractivity contribution in [3.05, 3.63) is 66.0 Å². The van der Waals surface area contributed by atoms with Gasteiger partial charge in [-0.1, -0.05) is 42.5 Å². The summed E-state index contributed by atoms with van der Waals surface area (Å²) in [4.78, 5) is 31.3. The SMILES string of the molecule is CN1C(=O)CCC(C(=O)N2CCN(c3ccccc3F)CC2)C1c1ccccc1. The van der Waals surface area contributed by atoms with E-state index in [1.54, 1.807) is 24.1 Å². The molecule has 6 heteroatoms. The fourth-order valence-electron chi connectivity index (χ4n) is 4.51. The molecule has 0 N–H and O–H groups in total. The number of carbonyl (C=O) groups is 2. The van der Waals surface area contributed by atoms with E-state index < -0.39 is 0 Å². The Bertz CT molecular complexity index is 881. The number of hydrogen-bond acceptors (Lipinski definition) is 3. The van der Waals surface area contributed by atoms with Crippen LogP contribution in [0.4, 0.5) is 10.1 Å². The molecule has 0 radical (unpaired) electrons. The normalized spacial score (nSPS) is 22.7. The summed E-state index contributed by atoms with van der Waals surface area (Å²) in [7, 11) is 1.79. The van der Waals surface area contributed by atoms with Gasteiger partial charge in [0.25, 0.3) is 0 Å². The molecule has 29 heavy (non-hydrogen) atoms. The van der Waals surface area contributed by atoms with Crippen LogP contribution in [0.15, 0.2) is 54.6 Å². The molecule has 2 saturated heterocycles. The van der Waals surface area contributed by atoms with E-state index in [2.05, 4.69) is 0 Å². The van der Waals surface area contributed by atoms with Crippen LogP contribution in [-0.4, -0.2) is 54.8 Å². The minimum absolute atomic E-state index is 0.0762. The molecule has 2 unspecified atom stereocenters. The van der Waals surface area contributed by atoms with Crippen LogP contribution in [0.1, 0.15) is 24.4 Å². The van der Waals surface area contributed by atoms with Gasteiger partial charge in [-0.25, -0.2) is 4.39 Å². The topological polar surface area (TPSA) is 43.9 Å². The Morgan fingerprint density at radius 2 is 1.62 bits per heavy atom. The minimum Gasteiger partial charge on any atom is -0.366 e. The molecule has 2 heterocycles. The summed E-state index contributed by atoms with van der Waals surface area (Å²) in [6.45, 7) is 2.32. The molecule has 0 aliphatic carbocycles. The number of piperazine rings is 1. The smallest absolute Gasteiger partial charge is 0.228 e. The number of halogens is 1. The molecule has 2 aliphatic heterocycles. The standard InChI is InChI=1S/C23H26FN3O2/c1-25-21(28)12-11-18(22(25)17-7-3-2-4-8-17)23(29)27-15-13-26(14-16-27)20-10-6-5-9-19(20)24/h2-10,18,22H,11-16H2,1H3. The molecule has 2 fully saturated rings. The first-order chi connectivity index (χ1) is 14.1. The number of carbonyl (C=O) groups excluding carboxylic acids is 2. The largest absolute Gasteiger partial charge is 0.366 e. The second-order valence-corrected chi connectivity index (χ2v) is 7.77. The Balaban J connectivity index is 1.48. The first-order valence-corrected chi connectivity index (χ1v) is 10.1. The van der Waals surface area contributed by atoms with Crippen molar-refractivity contribution in [2.24, 2.45) is 5.92 Å². The quantitative estimate of drug-likeness (QED) is 0.802. The summed E-state index contributed by atoms with van der Waals surface area (Å²) < 4.78 is 14.1. The summed E-state index contributed by atoms with van der Waals surface area (Å²) >= 11 is 0. The molecule has 4 rings (SSSR count). The average molecular weight is 395 g/mol. The molecule has 0 saturated carbocycles. The molecule has 5 nitrogen and oxygen atoms in total. The van der Waals surface area contributed by atoms with E-state index in [-0.39, 0.29) is 29.6 Å². The fraction of sp³-hybridized carbons (Fsp3) is 0.391. The van der Waals surface area contributed by atoms with Gasteiger partial charge in [0.1, 0.15) is 5.82 Å². The minimum atomic E-state index is -0.250. The molecule has 0 spiro atoms. The van der Waals surface area contributed by atoms with Gasteiger partial charge in [-0.2, -0.15) is 0 Å². The van der Waals surface area contributed by atoms with E-state index in [4.69, 9.17) is 0 Å². The third kappa shape index (κ3) is 3.84. The number of rotatable bonds is 3. The lowest BCUT2D eigenvalue weighted by Crippen LogP contribution is -2.53. The molecule has 2 atom stereocenters. The van der Waals surface area contributed by atoms with Gasteiger partial charge in [0.2, 0.25) is 11.8 Å². The highest BCUT2D eigenvalue weighted by molar-refractivity contribution is 5.85. The zero-order valence-corrected chi connectivity index (χ0v) is 16.6. The molecule has 2 aromatic rings. The molecule has 2 aromatic carbocycles. The zero-order chi connectivity index (χ0) is 20.4. The van der Waals surface area contributed by atoms with Crippen LogP contribution in [0.5, 0.6) is 0 Å². The first-order valence-electron chi connectivity index (χ1n) is 10.1. The van der Waals surface area contributed by atoms with Crippen molar-refractivity contribution in [2.45, 2.75) is 18.9 Å². The predicted octanol–water partition coefficient (Wildman–Crippen LogP) is 3.08. The Labute approximate surface area is 170 Å². The van der Waals surface area contributed by atoms with Crippen molar-refractivity contribution in [2.75, 3.05) is 38.1 Å². The van der Waals surface area contributed by atoms with Crippen LogP contribution in [0.25, 0.3) is 0 Å². The highest BCUT2D eigenvalue weighted by Crippen LogP contribution is 2.37. The van der Waals surface area contributed by atoms with Gasteiger partial charge in [0.05, 0.1) is 17.6 Å². The van der Waals surface area contributed by atoms with E-state index in [0.29, 0.717) is 44.7 Å². The Hall–Kier alpha value is -2.89. The van der Waals surface area contributed by atoms with Gasteiger partial charge in [-0.3, -0.25) is 9.59 Å². The summed E-state index contributed by atoms with van der Waals surface area (Å²) in [6.07, 6.45) is 0.959.